The number of halogens is 1. The number of hydrogen-bond acceptors (Lipinski definition) is 3. The van der Waals surface area contributed by atoms with Gasteiger partial charge in [0, 0.05) is 22.9 Å². The molecule has 4 aliphatic rings. The minimum absolute atomic E-state index is 0.00987. The molecule has 4 aliphatic carbocycles. The molecule has 0 radical (unpaired) electrons. The van der Waals surface area contributed by atoms with Gasteiger partial charge in [-0.25, -0.2) is 4.39 Å². The van der Waals surface area contributed by atoms with Crippen molar-refractivity contribution in [1.82, 2.24) is 4.98 Å². The van der Waals surface area contributed by atoms with Crippen LogP contribution in [-0.2, 0) is 10.2 Å². The van der Waals surface area contributed by atoms with Crippen molar-refractivity contribution >= 4 is 17.4 Å². The van der Waals surface area contributed by atoms with Crippen LogP contribution in [0.5, 0.6) is 11.5 Å². The zero-order valence-corrected chi connectivity index (χ0v) is 26.4. The molecular weight excluding hydrogens is 541 g/mol. The summed E-state index contributed by atoms with van der Waals surface area (Å²) >= 11 is 0. The molecule has 43 heavy (non-hydrogen) atoms. The van der Waals surface area contributed by atoms with Crippen molar-refractivity contribution in [2.75, 3.05) is 0 Å². The first-order chi connectivity index (χ1) is 20.3. The largest absolute Gasteiger partial charge is 0.504 e. The van der Waals surface area contributed by atoms with Crippen LogP contribution in [0.1, 0.15) is 108 Å². The molecule has 0 aliphatic heterocycles. The molecule has 3 fully saturated rings. The van der Waals surface area contributed by atoms with E-state index in [2.05, 4.69) is 45.7 Å². The Kier molecular flexibility index (Phi) is 6.83. The summed E-state index contributed by atoms with van der Waals surface area (Å²) in [6.45, 7) is 14.2. The Morgan fingerprint density at radius 1 is 1.05 bits per heavy atom. The minimum atomic E-state index is -0.252. The van der Waals surface area contributed by atoms with Crippen molar-refractivity contribution in [2.24, 2.45) is 28.1 Å². The van der Waals surface area contributed by atoms with Gasteiger partial charge in [-0.05, 0) is 108 Å². The van der Waals surface area contributed by atoms with Crippen molar-refractivity contribution in [2.45, 2.75) is 97.8 Å². The fraction of sp³-hybridized carbons (Fsp3) is 0.541. The lowest BCUT2D eigenvalue weighted by Gasteiger charge is -2.69. The third kappa shape index (κ3) is 3.97. The van der Waals surface area contributed by atoms with E-state index < -0.39 is 0 Å². The molecule has 1 heterocycles. The summed E-state index contributed by atoms with van der Waals surface area (Å²) < 4.78 is 14.8. The van der Waals surface area contributed by atoms with Crippen molar-refractivity contribution in [3.63, 3.8) is 0 Å². The average molecular weight is 588 g/mol. The third-order valence-electron chi connectivity index (χ3n) is 13.1. The van der Waals surface area contributed by atoms with Crippen LogP contribution in [0.15, 0.2) is 42.1 Å². The minimum Gasteiger partial charge on any atom is -0.504 e. The molecule has 7 atom stereocenters. The number of phenolic OH excluding ortho intramolecular Hbond substituents is 2. The molecule has 230 valence electrons. The smallest absolute Gasteiger partial charge is 0.290 e. The highest BCUT2D eigenvalue weighted by Crippen LogP contribution is 2.74. The fourth-order valence-electron chi connectivity index (χ4n) is 10.4. The lowest BCUT2D eigenvalue weighted by Crippen LogP contribution is -2.61. The summed E-state index contributed by atoms with van der Waals surface area (Å²) in [6, 6.07) is 7.12. The number of aromatic hydroxyl groups is 2. The number of benzene rings is 2. The van der Waals surface area contributed by atoms with Crippen molar-refractivity contribution < 1.29 is 24.5 Å². The predicted octanol–water partition coefficient (Wildman–Crippen LogP) is 9.10. The first-order valence-corrected chi connectivity index (χ1v) is 15.9. The van der Waals surface area contributed by atoms with Gasteiger partial charge < -0.3 is 20.3 Å². The molecule has 6 heteroatoms. The van der Waals surface area contributed by atoms with Crippen LogP contribution in [0.2, 0.25) is 0 Å². The van der Waals surface area contributed by atoms with Gasteiger partial charge in [-0.3, -0.25) is 4.79 Å². The van der Waals surface area contributed by atoms with Gasteiger partial charge in [0.2, 0.25) is 0 Å². The van der Waals surface area contributed by atoms with Gasteiger partial charge in [-0.15, -0.1) is 0 Å². The number of nitrogens with one attached hydrogen (secondary N) is 1. The van der Waals surface area contributed by atoms with E-state index in [1.807, 2.05) is 25.3 Å². The Morgan fingerprint density at radius 2 is 1.77 bits per heavy atom. The molecule has 2 aromatic carbocycles. The molecule has 3 saturated carbocycles. The number of H-pyrrole nitrogens is 1. The van der Waals surface area contributed by atoms with Gasteiger partial charge in [0.05, 0.1) is 5.52 Å². The monoisotopic (exact) mass is 587 g/mol. The van der Waals surface area contributed by atoms with Gasteiger partial charge in [0.1, 0.15) is 5.82 Å². The zero-order chi connectivity index (χ0) is 31.1. The second-order valence-corrected chi connectivity index (χ2v) is 15.1. The topological polar surface area (TPSA) is 93.5 Å². The number of phenols is 2. The maximum atomic E-state index is 14.8. The van der Waals surface area contributed by atoms with Gasteiger partial charge in [-0.2, -0.15) is 0 Å². The highest BCUT2D eigenvalue weighted by atomic mass is 19.1. The van der Waals surface area contributed by atoms with Crippen LogP contribution >= 0.6 is 0 Å². The number of para-hydroxylation sites is 1. The normalized spacial score (nSPS) is 36.3. The molecule has 0 spiro atoms. The first kappa shape index (κ1) is 29.8. The Hall–Kier alpha value is -3.28. The Balaban J connectivity index is 0.00000105. The van der Waals surface area contributed by atoms with E-state index in [1.165, 1.54) is 43.7 Å². The second kappa shape index (κ2) is 9.87. The number of carbonyl (C=O) groups is 1. The number of rotatable bonds is 1. The van der Waals surface area contributed by atoms with E-state index in [0.717, 1.165) is 46.4 Å². The van der Waals surface area contributed by atoms with Crippen LogP contribution in [0.4, 0.5) is 4.39 Å². The van der Waals surface area contributed by atoms with Crippen LogP contribution in [-0.4, -0.2) is 26.8 Å². The molecule has 0 bridgehead atoms. The summed E-state index contributed by atoms with van der Waals surface area (Å²) in [4.78, 5) is 11.6. The number of fused-ring (bicyclic) bond motifs is 8. The lowest BCUT2D eigenvalue weighted by molar-refractivity contribution is -0.145. The maximum absolute atomic E-state index is 14.8. The van der Waals surface area contributed by atoms with E-state index >= 15 is 0 Å². The first-order valence-electron chi connectivity index (χ1n) is 15.9. The van der Waals surface area contributed by atoms with Gasteiger partial charge in [0.15, 0.2) is 11.5 Å². The molecular formula is C37H46FNO4. The summed E-state index contributed by atoms with van der Waals surface area (Å²) in [5.74, 6) is 0.966. The van der Waals surface area contributed by atoms with Crippen LogP contribution in [0.25, 0.3) is 10.9 Å². The van der Waals surface area contributed by atoms with Gasteiger partial charge in [0.25, 0.3) is 6.47 Å². The molecule has 0 unspecified atom stereocenters. The lowest BCUT2D eigenvalue weighted by atomic mass is 9.35. The van der Waals surface area contributed by atoms with Crippen LogP contribution < -0.4 is 0 Å². The molecule has 0 amide bonds. The average Bonchev–Trinajstić information content (AvgIpc) is 3.40. The number of aromatic amines is 1. The van der Waals surface area contributed by atoms with Crippen LogP contribution in [0.3, 0.4) is 0 Å². The predicted molar refractivity (Wildman–Crippen MR) is 168 cm³/mol. The molecule has 7 rings (SSSR count). The molecule has 4 N–H and O–H groups in total. The Labute approximate surface area is 254 Å². The summed E-state index contributed by atoms with van der Waals surface area (Å²) in [6.07, 6.45) is 13.0. The number of allylic oxidation sites excluding steroid dienone is 2. The van der Waals surface area contributed by atoms with E-state index in [-0.39, 0.29) is 46.0 Å². The second-order valence-electron chi connectivity index (χ2n) is 15.1. The number of carboxylic acid groups (broad SMARTS) is 1. The molecule has 5 nitrogen and oxygen atoms in total. The quantitative estimate of drug-likeness (QED) is 0.130. The Morgan fingerprint density at radius 3 is 2.49 bits per heavy atom. The third-order valence-corrected chi connectivity index (χ3v) is 13.1. The molecule has 3 aromatic rings. The fourth-order valence-corrected chi connectivity index (χ4v) is 10.4. The summed E-state index contributed by atoms with van der Waals surface area (Å²) in [5.41, 5.74) is 6.31. The Bertz CT molecular complexity index is 1640. The van der Waals surface area contributed by atoms with Crippen molar-refractivity contribution in [3.8, 4) is 11.5 Å². The van der Waals surface area contributed by atoms with Crippen molar-refractivity contribution in [1.29, 1.82) is 0 Å². The number of aromatic nitrogens is 1. The summed E-state index contributed by atoms with van der Waals surface area (Å²) in [5, 5.41) is 29.6. The number of hydrogen-bond donors (Lipinski definition) is 4. The maximum Gasteiger partial charge on any atom is 0.290 e. The molecule has 0 saturated heterocycles. The van der Waals surface area contributed by atoms with E-state index in [9.17, 15) is 14.6 Å². The van der Waals surface area contributed by atoms with E-state index in [4.69, 9.17) is 9.90 Å². The molecule has 1 aromatic heterocycles. The van der Waals surface area contributed by atoms with Crippen LogP contribution in [0, 0.1) is 40.8 Å². The van der Waals surface area contributed by atoms with Gasteiger partial charge >= 0.3 is 0 Å². The zero-order valence-electron chi connectivity index (χ0n) is 26.4. The standard InChI is InChI=1S/C36H44FNO2.CH2O2/c1-20-10-11-33(3)12-14-36(6)29-17-23(24-19-38-31-22(24)8-7-9-26(31)37)30-21(2)32(40)27(39)18-25(30)34(29,4)13-15-35(36,5)28(33)16-20;2-1-3/h7-9,17-20,23,28,38-40H,10-16H2,1-6H3;1H,(H,2,3)/t20-,23-,28+,33+,34-,35-,36+;/m0./s1. The van der Waals surface area contributed by atoms with Crippen molar-refractivity contribution in [3.05, 3.63) is 70.2 Å². The van der Waals surface area contributed by atoms with E-state index in [1.54, 1.807) is 6.07 Å². The van der Waals surface area contributed by atoms with Gasteiger partial charge in [-0.1, -0.05) is 64.8 Å². The van der Waals surface area contributed by atoms with E-state index in [0.29, 0.717) is 16.8 Å². The highest BCUT2D eigenvalue weighted by molar-refractivity contribution is 5.86. The highest BCUT2D eigenvalue weighted by Gasteiger charge is 2.65. The SMILES string of the molecule is Cc1c(O)c(O)cc2c1[C@H](c1c[nH]c3c(F)cccc13)C=C1[C@@]2(C)CC[C@@]2(C)[C@@H]3C[C@@H](C)CC[C@]3(C)CC[C@]12C.O=CO. The summed E-state index contributed by atoms with van der Waals surface area (Å²) in [7, 11) is 0.